The van der Waals surface area contributed by atoms with Crippen molar-refractivity contribution in [3.05, 3.63) is 59.7 Å². The average molecular weight is 411 g/mol. The second-order valence-corrected chi connectivity index (χ2v) is 8.39. The molecule has 0 heterocycles. The Morgan fingerprint density at radius 2 is 1.63 bits per heavy atom. The van der Waals surface area contributed by atoms with Gasteiger partial charge in [-0.3, -0.25) is 0 Å². The highest BCUT2D eigenvalue weighted by molar-refractivity contribution is 5.81. The molecule has 0 unspecified atom stereocenters. The quantitative estimate of drug-likeness (QED) is 0.638. The van der Waals surface area contributed by atoms with E-state index in [0.717, 1.165) is 28.7 Å². The fourth-order valence-corrected chi connectivity index (χ4v) is 3.51. The molecule has 0 radical (unpaired) electrons. The highest BCUT2D eigenvalue weighted by Gasteiger charge is 2.30. The molecular formula is C24H29NO5. The van der Waals surface area contributed by atoms with Crippen molar-refractivity contribution in [1.29, 1.82) is 0 Å². The number of fused-ring (bicyclic) bond motifs is 3. The predicted octanol–water partition coefficient (Wildman–Crippen LogP) is 4.43. The zero-order valence-corrected chi connectivity index (χ0v) is 17.7. The summed E-state index contributed by atoms with van der Waals surface area (Å²) in [4.78, 5) is 23.8. The zero-order chi connectivity index (χ0) is 21.7. The molecule has 2 aromatic carbocycles. The summed E-state index contributed by atoms with van der Waals surface area (Å²) in [6.07, 6.45) is 0.146. The molecule has 0 spiro atoms. The Bertz CT molecular complexity index is 862. The van der Waals surface area contributed by atoms with Gasteiger partial charge in [-0.25, -0.2) is 9.59 Å². The molecule has 0 fully saturated rings. The molecule has 3 rings (SSSR count). The fourth-order valence-electron chi connectivity index (χ4n) is 3.51. The number of aliphatic carboxylic acids is 1. The Labute approximate surface area is 177 Å². The van der Waals surface area contributed by atoms with Gasteiger partial charge in [0.2, 0.25) is 0 Å². The topological polar surface area (TPSA) is 84.9 Å². The monoisotopic (exact) mass is 411 g/mol. The van der Waals surface area contributed by atoms with E-state index in [9.17, 15) is 14.7 Å². The summed E-state index contributed by atoms with van der Waals surface area (Å²) in [6.45, 7) is 6.58. The van der Waals surface area contributed by atoms with E-state index in [-0.39, 0.29) is 24.5 Å². The van der Waals surface area contributed by atoms with E-state index in [0.29, 0.717) is 6.61 Å². The van der Waals surface area contributed by atoms with Crippen molar-refractivity contribution in [3.8, 4) is 11.1 Å². The number of carboxylic acids is 1. The normalized spacial score (nSPS) is 14.0. The van der Waals surface area contributed by atoms with Crippen LogP contribution in [-0.2, 0) is 14.3 Å². The van der Waals surface area contributed by atoms with Crippen LogP contribution in [0.3, 0.4) is 0 Å². The van der Waals surface area contributed by atoms with Crippen molar-refractivity contribution in [2.45, 2.75) is 39.2 Å². The highest BCUT2D eigenvalue weighted by Crippen LogP contribution is 2.44. The lowest BCUT2D eigenvalue weighted by Crippen LogP contribution is -2.45. The number of carbonyl (C=O) groups is 2. The lowest BCUT2D eigenvalue weighted by Gasteiger charge is -2.23. The van der Waals surface area contributed by atoms with Gasteiger partial charge in [-0.1, -0.05) is 69.3 Å². The molecule has 1 aliphatic carbocycles. The van der Waals surface area contributed by atoms with Gasteiger partial charge >= 0.3 is 12.1 Å². The number of benzene rings is 2. The minimum Gasteiger partial charge on any atom is -0.480 e. The molecule has 0 bridgehead atoms. The van der Waals surface area contributed by atoms with Crippen molar-refractivity contribution in [2.24, 2.45) is 5.41 Å². The van der Waals surface area contributed by atoms with Crippen LogP contribution in [0.2, 0.25) is 0 Å². The van der Waals surface area contributed by atoms with E-state index in [1.54, 1.807) is 0 Å². The largest absolute Gasteiger partial charge is 0.480 e. The van der Waals surface area contributed by atoms with Crippen molar-refractivity contribution in [1.82, 2.24) is 5.32 Å². The molecule has 1 aliphatic rings. The number of carboxylic acid groups (broad SMARTS) is 1. The first kappa shape index (κ1) is 21.8. The van der Waals surface area contributed by atoms with E-state index in [4.69, 9.17) is 9.47 Å². The molecule has 1 atom stereocenters. The number of amides is 1. The summed E-state index contributed by atoms with van der Waals surface area (Å²) >= 11 is 0. The van der Waals surface area contributed by atoms with Gasteiger partial charge in [0.25, 0.3) is 0 Å². The summed E-state index contributed by atoms with van der Waals surface area (Å²) < 4.78 is 11.0. The van der Waals surface area contributed by atoms with Crippen molar-refractivity contribution < 1.29 is 24.2 Å². The fraction of sp³-hybridized carbons (Fsp3) is 0.417. The summed E-state index contributed by atoms with van der Waals surface area (Å²) in [5, 5.41) is 11.8. The molecule has 6 heteroatoms. The van der Waals surface area contributed by atoms with Gasteiger partial charge in [-0.2, -0.15) is 0 Å². The van der Waals surface area contributed by atoms with Crippen LogP contribution < -0.4 is 5.32 Å². The van der Waals surface area contributed by atoms with Crippen LogP contribution in [-0.4, -0.2) is 43.0 Å². The zero-order valence-electron chi connectivity index (χ0n) is 17.7. The summed E-state index contributed by atoms with van der Waals surface area (Å²) in [5.41, 5.74) is 4.43. The lowest BCUT2D eigenvalue weighted by atomic mass is 9.92. The van der Waals surface area contributed by atoms with E-state index in [1.807, 2.05) is 57.2 Å². The van der Waals surface area contributed by atoms with Gasteiger partial charge in [0.15, 0.2) is 6.04 Å². The molecule has 0 aliphatic heterocycles. The molecule has 0 saturated heterocycles. The molecule has 0 saturated carbocycles. The Morgan fingerprint density at radius 1 is 1.07 bits per heavy atom. The van der Waals surface area contributed by atoms with Crippen LogP contribution in [0.15, 0.2) is 48.5 Å². The predicted molar refractivity (Wildman–Crippen MR) is 115 cm³/mol. The van der Waals surface area contributed by atoms with E-state index in [2.05, 4.69) is 17.4 Å². The highest BCUT2D eigenvalue weighted by atomic mass is 16.5. The van der Waals surface area contributed by atoms with Gasteiger partial charge in [0.1, 0.15) is 6.61 Å². The Balaban J connectivity index is 1.59. The smallest absolute Gasteiger partial charge is 0.407 e. The van der Waals surface area contributed by atoms with Crippen molar-refractivity contribution in [3.63, 3.8) is 0 Å². The Hall–Kier alpha value is -2.86. The van der Waals surface area contributed by atoms with Crippen LogP contribution in [0, 0.1) is 5.41 Å². The first-order valence-electron chi connectivity index (χ1n) is 10.2. The summed E-state index contributed by atoms with van der Waals surface area (Å²) in [7, 11) is 0. The SMILES string of the molecule is CCC(C)(C)COC[C@H](NC(=O)OCC1c2ccccc2-c2ccccc21)C(=O)O. The first-order chi connectivity index (χ1) is 14.3. The molecule has 2 N–H and O–H groups in total. The number of hydrogen-bond acceptors (Lipinski definition) is 4. The van der Waals surface area contributed by atoms with Crippen LogP contribution in [0.5, 0.6) is 0 Å². The maximum absolute atomic E-state index is 12.3. The summed E-state index contributed by atoms with van der Waals surface area (Å²) in [5.74, 6) is -1.23. The second-order valence-electron chi connectivity index (χ2n) is 8.39. The van der Waals surface area contributed by atoms with E-state index in [1.165, 1.54) is 0 Å². The molecule has 160 valence electrons. The number of nitrogens with one attached hydrogen (secondary N) is 1. The van der Waals surface area contributed by atoms with Gasteiger partial charge in [0, 0.05) is 5.92 Å². The maximum Gasteiger partial charge on any atom is 0.407 e. The number of rotatable bonds is 9. The summed E-state index contributed by atoms with van der Waals surface area (Å²) in [6, 6.07) is 14.9. The number of carbonyl (C=O) groups excluding carboxylic acids is 1. The molecule has 6 nitrogen and oxygen atoms in total. The maximum atomic E-state index is 12.3. The lowest BCUT2D eigenvalue weighted by molar-refractivity contribution is -0.141. The molecular weight excluding hydrogens is 382 g/mol. The average Bonchev–Trinajstić information content (AvgIpc) is 3.05. The molecule has 0 aromatic heterocycles. The number of ether oxygens (including phenoxy) is 2. The number of alkyl carbamates (subject to hydrolysis) is 1. The van der Waals surface area contributed by atoms with Crippen LogP contribution in [0.25, 0.3) is 11.1 Å². The van der Waals surface area contributed by atoms with Crippen LogP contribution >= 0.6 is 0 Å². The number of hydrogen-bond donors (Lipinski definition) is 2. The second kappa shape index (κ2) is 9.30. The third kappa shape index (κ3) is 5.00. The van der Waals surface area contributed by atoms with Gasteiger partial charge in [-0.05, 0) is 34.1 Å². The Kier molecular flexibility index (Phi) is 6.77. The minimum absolute atomic E-state index is 0.0488. The standard InChI is InChI=1S/C24H29NO5/c1-4-24(2,3)15-29-14-21(22(26)27)25-23(28)30-13-20-18-11-7-5-9-16(18)17-10-6-8-12-19(17)20/h5-12,20-21H,4,13-15H2,1-3H3,(H,25,28)(H,26,27)/t21-/m0/s1. The van der Waals surface area contributed by atoms with Gasteiger partial charge in [0.05, 0.1) is 13.2 Å². The van der Waals surface area contributed by atoms with Crippen LogP contribution in [0.4, 0.5) is 4.79 Å². The molecule has 2 aromatic rings. The van der Waals surface area contributed by atoms with Gasteiger partial charge < -0.3 is 19.9 Å². The van der Waals surface area contributed by atoms with E-state index >= 15 is 0 Å². The minimum atomic E-state index is -1.16. The molecule has 30 heavy (non-hydrogen) atoms. The third-order valence-electron chi connectivity index (χ3n) is 5.67. The van der Waals surface area contributed by atoms with Crippen molar-refractivity contribution in [2.75, 3.05) is 19.8 Å². The van der Waals surface area contributed by atoms with E-state index < -0.39 is 18.1 Å². The third-order valence-corrected chi connectivity index (χ3v) is 5.67. The Morgan fingerprint density at radius 3 is 2.17 bits per heavy atom. The first-order valence-corrected chi connectivity index (χ1v) is 10.2. The van der Waals surface area contributed by atoms with Gasteiger partial charge in [-0.15, -0.1) is 0 Å². The molecule has 1 amide bonds. The van der Waals surface area contributed by atoms with Crippen molar-refractivity contribution >= 4 is 12.1 Å². The van der Waals surface area contributed by atoms with Crippen LogP contribution in [0.1, 0.15) is 44.2 Å².